The van der Waals surface area contributed by atoms with Gasteiger partial charge in [0.15, 0.2) is 0 Å². The summed E-state index contributed by atoms with van der Waals surface area (Å²) in [5.41, 5.74) is 7.23. The molecular weight excluding hydrogens is 340 g/mol. The Bertz CT molecular complexity index is 1390. The first kappa shape index (κ1) is 16.6. The number of hydrogen-bond donors (Lipinski definition) is 0. The van der Waals surface area contributed by atoms with Crippen molar-refractivity contribution in [3.05, 3.63) is 90.6 Å². The molecule has 0 aliphatic carbocycles. The Morgan fingerprint density at radius 3 is 2.21 bits per heavy atom. The third kappa shape index (κ3) is 2.15. The Kier molecular flexibility index (Phi) is 3.73. The molecule has 0 fully saturated rings. The van der Waals surface area contributed by atoms with E-state index in [-0.39, 0.29) is 0 Å². The molecule has 136 valence electrons. The summed E-state index contributed by atoms with van der Waals surface area (Å²) in [5, 5.41) is 3.78. The van der Waals surface area contributed by atoms with Gasteiger partial charge in [0.1, 0.15) is 0 Å². The zero-order chi connectivity index (χ0) is 19.3. The van der Waals surface area contributed by atoms with E-state index in [0.717, 1.165) is 0 Å². The first-order valence-corrected chi connectivity index (χ1v) is 9.61. The molecule has 2 heteroatoms. The van der Waals surface area contributed by atoms with Crippen LogP contribution in [-0.4, -0.2) is 9.13 Å². The van der Waals surface area contributed by atoms with Crippen LogP contribution in [0, 0.1) is 0 Å². The van der Waals surface area contributed by atoms with E-state index < -0.39 is 0 Å². The van der Waals surface area contributed by atoms with Gasteiger partial charge in [0.05, 0.1) is 22.4 Å². The molecule has 2 heterocycles. The average Bonchev–Trinajstić information content (AvgIpc) is 3.21. The van der Waals surface area contributed by atoms with Gasteiger partial charge in [-0.3, -0.25) is 0 Å². The molecule has 5 rings (SSSR count). The van der Waals surface area contributed by atoms with Crippen LogP contribution in [0.25, 0.3) is 50.5 Å². The van der Waals surface area contributed by atoms with Crippen molar-refractivity contribution in [2.45, 2.75) is 6.92 Å². The van der Waals surface area contributed by atoms with Gasteiger partial charge in [0.25, 0.3) is 0 Å². The second-order valence-electron chi connectivity index (χ2n) is 7.10. The van der Waals surface area contributed by atoms with Crippen LogP contribution < -0.4 is 0 Å². The molecule has 3 aromatic carbocycles. The topological polar surface area (TPSA) is 9.86 Å². The van der Waals surface area contributed by atoms with E-state index >= 15 is 0 Å². The molecule has 0 saturated carbocycles. The number of aromatic nitrogens is 2. The minimum absolute atomic E-state index is 1.17. The third-order valence-electron chi connectivity index (χ3n) is 5.64. The molecule has 0 N–H and O–H groups in total. The monoisotopic (exact) mass is 362 g/mol. The molecule has 0 atom stereocenters. The summed E-state index contributed by atoms with van der Waals surface area (Å²) >= 11 is 0. The molecule has 2 nitrogen and oxygen atoms in total. The third-order valence-corrected chi connectivity index (χ3v) is 5.64. The van der Waals surface area contributed by atoms with Gasteiger partial charge in [-0.2, -0.15) is 0 Å². The van der Waals surface area contributed by atoms with Crippen molar-refractivity contribution >= 4 is 44.9 Å². The van der Waals surface area contributed by atoms with Crippen molar-refractivity contribution in [2.24, 2.45) is 7.05 Å². The summed E-state index contributed by atoms with van der Waals surface area (Å²) in [6.07, 6.45) is 6.25. The summed E-state index contributed by atoms with van der Waals surface area (Å²) in [6, 6.07) is 23.8. The Labute approximate surface area is 164 Å². The number of allylic oxidation sites excluding steroid dienone is 1. The molecule has 0 radical (unpaired) electrons. The minimum atomic E-state index is 1.17. The zero-order valence-electron chi connectivity index (χ0n) is 16.2. The van der Waals surface area contributed by atoms with Crippen molar-refractivity contribution in [3.63, 3.8) is 0 Å². The quantitative estimate of drug-likeness (QED) is 0.328. The smallest absolute Gasteiger partial charge is 0.0562 e. The van der Waals surface area contributed by atoms with Crippen molar-refractivity contribution < 1.29 is 0 Å². The fourth-order valence-corrected chi connectivity index (χ4v) is 4.46. The number of nitrogens with zero attached hydrogens (tertiary/aromatic N) is 2. The largest absolute Gasteiger partial charge is 0.344 e. The molecular formula is C26H22N2. The highest BCUT2D eigenvalue weighted by molar-refractivity contribution is 6.13. The van der Waals surface area contributed by atoms with E-state index in [2.05, 4.69) is 109 Å². The van der Waals surface area contributed by atoms with E-state index in [4.69, 9.17) is 0 Å². The van der Waals surface area contributed by atoms with Gasteiger partial charge in [0, 0.05) is 34.3 Å². The van der Waals surface area contributed by atoms with Crippen LogP contribution >= 0.6 is 0 Å². The van der Waals surface area contributed by atoms with Gasteiger partial charge < -0.3 is 9.13 Å². The number of benzene rings is 3. The standard InChI is InChI=1S/C26H22N2/c1-4-11-22-18(5-2)19-12-6-9-15-23(19)28(22)25-17-10-16-24-26(25)20-13-7-8-14-21(20)27(24)3/h4-17H,2H2,1,3H3/b11-4-. The highest BCUT2D eigenvalue weighted by Gasteiger charge is 2.18. The zero-order valence-corrected chi connectivity index (χ0v) is 16.2. The highest BCUT2D eigenvalue weighted by Crippen LogP contribution is 2.37. The van der Waals surface area contributed by atoms with E-state index in [9.17, 15) is 0 Å². The predicted octanol–water partition coefficient (Wildman–Crippen LogP) is 6.95. The Balaban J connectivity index is 2.03. The lowest BCUT2D eigenvalue weighted by Crippen LogP contribution is -1.98. The Morgan fingerprint density at radius 2 is 1.46 bits per heavy atom. The van der Waals surface area contributed by atoms with Crippen LogP contribution in [0.2, 0.25) is 0 Å². The van der Waals surface area contributed by atoms with Crippen LogP contribution in [0.4, 0.5) is 0 Å². The minimum Gasteiger partial charge on any atom is -0.344 e. The maximum absolute atomic E-state index is 4.10. The van der Waals surface area contributed by atoms with Crippen molar-refractivity contribution in [3.8, 4) is 5.69 Å². The van der Waals surface area contributed by atoms with Crippen molar-refractivity contribution in [1.82, 2.24) is 9.13 Å². The maximum Gasteiger partial charge on any atom is 0.0562 e. The summed E-state index contributed by atoms with van der Waals surface area (Å²) in [6.45, 7) is 6.16. The highest BCUT2D eigenvalue weighted by atomic mass is 15.0. The SMILES string of the molecule is C=Cc1c(/C=C\C)n(-c2cccc3c2c2ccccc2n3C)c2ccccc12. The van der Waals surface area contributed by atoms with Crippen LogP contribution in [0.1, 0.15) is 18.2 Å². The summed E-state index contributed by atoms with van der Waals surface area (Å²) in [7, 11) is 2.14. The van der Waals surface area contributed by atoms with E-state index in [1.807, 2.05) is 6.08 Å². The second kappa shape index (κ2) is 6.28. The molecule has 0 bridgehead atoms. The van der Waals surface area contributed by atoms with Crippen LogP contribution in [0.15, 0.2) is 79.4 Å². The lowest BCUT2D eigenvalue weighted by molar-refractivity contribution is 1.01. The van der Waals surface area contributed by atoms with Crippen LogP contribution in [0.5, 0.6) is 0 Å². The van der Waals surface area contributed by atoms with Crippen molar-refractivity contribution in [2.75, 3.05) is 0 Å². The summed E-state index contributed by atoms with van der Waals surface area (Å²) in [4.78, 5) is 0. The molecule has 0 saturated heterocycles. The number of rotatable bonds is 3. The molecule has 0 spiro atoms. The molecule has 0 unspecified atom stereocenters. The summed E-state index contributed by atoms with van der Waals surface area (Å²) in [5.74, 6) is 0. The van der Waals surface area contributed by atoms with Gasteiger partial charge in [-0.05, 0) is 37.3 Å². The molecule has 5 aromatic rings. The number of hydrogen-bond acceptors (Lipinski definition) is 0. The molecule has 28 heavy (non-hydrogen) atoms. The maximum atomic E-state index is 4.10. The first-order valence-electron chi connectivity index (χ1n) is 9.61. The normalized spacial score (nSPS) is 11.9. The van der Waals surface area contributed by atoms with Gasteiger partial charge in [-0.1, -0.05) is 61.2 Å². The fourth-order valence-electron chi connectivity index (χ4n) is 4.46. The molecule has 0 aliphatic rings. The first-order chi connectivity index (χ1) is 13.8. The van der Waals surface area contributed by atoms with E-state index in [0.29, 0.717) is 0 Å². The molecule has 2 aromatic heterocycles. The summed E-state index contributed by atoms with van der Waals surface area (Å²) < 4.78 is 4.66. The predicted molar refractivity (Wildman–Crippen MR) is 122 cm³/mol. The second-order valence-corrected chi connectivity index (χ2v) is 7.10. The number of fused-ring (bicyclic) bond motifs is 4. The van der Waals surface area contributed by atoms with Gasteiger partial charge >= 0.3 is 0 Å². The number of para-hydroxylation sites is 2. The fraction of sp³-hybridized carbons (Fsp3) is 0.0769. The Hall–Kier alpha value is -3.52. The van der Waals surface area contributed by atoms with Crippen LogP contribution in [0.3, 0.4) is 0 Å². The molecule has 0 aliphatic heterocycles. The van der Waals surface area contributed by atoms with Gasteiger partial charge in [-0.15, -0.1) is 0 Å². The van der Waals surface area contributed by atoms with Gasteiger partial charge in [-0.25, -0.2) is 0 Å². The number of aryl methyl sites for hydroxylation is 1. The lowest BCUT2D eigenvalue weighted by Gasteiger charge is -2.12. The van der Waals surface area contributed by atoms with Crippen molar-refractivity contribution in [1.29, 1.82) is 0 Å². The lowest BCUT2D eigenvalue weighted by atomic mass is 10.1. The van der Waals surface area contributed by atoms with E-state index in [1.165, 1.54) is 49.7 Å². The Morgan fingerprint density at radius 1 is 0.786 bits per heavy atom. The molecule has 0 amide bonds. The van der Waals surface area contributed by atoms with Crippen LogP contribution in [-0.2, 0) is 7.05 Å². The average molecular weight is 362 g/mol. The van der Waals surface area contributed by atoms with E-state index in [1.54, 1.807) is 0 Å². The van der Waals surface area contributed by atoms with Gasteiger partial charge in [0.2, 0.25) is 0 Å².